The molecule has 0 aliphatic heterocycles. The van der Waals surface area contributed by atoms with Crippen LogP contribution in [0.1, 0.15) is 34.1 Å². The van der Waals surface area contributed by atoms with Crippen LogP contribution in [0.4, 0.5) is 0 Å². The van der Waals surface area contributed by atoms with Crippen molar-refractivity contribution in [2.75, 3.05) is 19.7 Å². The highest BCUT2D eigenvalue weighted by atomic mass is 35.5. The largest absolute Gasteiger partial charge is 0.482 e. The van der Waals surface area contributed by atoms with Crippen LogP contribution in [-0.2, 0) is 14.8 Å². The second-order valence-corrected chi connectivity index (χ2v) is 8.79. The number of sulfonamides is 1. The van der Waals surface area contributed by atoms with E-state index < -0.39 is 10.0 Å². The monoisotopic (exact) mass is 376 g/mol. The molecule has 0 spiro atoms. The van der Waals surface area contributed by atoms with Crippen molar-refractivity contribution in [2.45, 2.75) is 39.0 Å². The van der Waals surface area contributed by atoms with Gasteiger partial charge in [-0.15, -0.1) is 0 Å². The van der Waals surface area contributed by atoms with Crippen LogP contribution in [-0.4, -0.2) is 34.0 Å². The Balaban J connectivity index is 2.67. The Hall–Kier alpha value is -1.31. The van der Waals surface area contributed by atoms with E-state index in [1.54, 1.807) is 0 Å². The maximum Gasteiger partial charge on any atom is 0.257 e. The molecule has 0 saturated carbocycles. The number of nitrogens with one attached hydrogen (secondary N) is 2. The van der Waals surface area contributed by atoms with Crippen LogP contribution in [0.15, 0.2) is 23.1 Å². The van der Waals surface area contributed by atoms with Gasteiger partial charge in [-0.3, -0.25) is 4.79 Å². The van der Waals surface area contributed by atoms with Crippen molar-refractivity contribution in [2.24, 2.45) is 5.41 Å². The summed E-state index contributed by atoms with van der Waals surface area (Å²) in [5.74, 6) is -0.000631. The number of amides is 1. The van der Waals surface area contributed by atoms with Crippen molar-refractivity contribution < 1.29 is 17.9 Å². The summed E-state index contributed by atoms with van der Waals surface area (Å²) in [7, 11) is -3.59. The molecule has 0 fully saturated rings. The standard InChI is InChI=1S/C16H25ClN2O4S/c1-5-8-19-24(21,22)12-6-7-14(13(17)9-12)23-10-15(20)18-11-16(2,3)4/h6-7,9,19H,5,8,10-11H2,1-4H3,(H,18,20). The Labute approximate surface area is 149 Å². The minimum Gasteiger partial charge on any atom is -0.482 e. The van der Waals surface area contributed by atoms with Crippen molar-refractivity contribution in [1.82, 2.24) is 10.0 Å². The van der Waals surface area contributed by atoms with Gasteiger partial charge in [-0.05, 0) is 30.0 Å². The molecule has 24 heavy (non-hydrogen) atoms. The predicted octanol–water partition coefficient (Wildman–Crippen LogP) is 2.57. The number of hydrogen-bond donors (Lipinski definition) is 2. The van der Waals surface area contributed by atoms with E-state index in [0.717, 1.165) is 0 Å². The number of carbonyl (C=O) groups excluding carboxylic acids is 1. The van der Waals surface area contributed by atoms with E-state index in [1.165, 1.54) is 18.2 Å². The Kier molecular flexibility index (Phi) is 7.51. The van der Waals surface area contributed by atoms with Crippen LogP contribution in [0.25, 0.3) is 0 Å². The van der Waals surface area contributed by atoms with Crippen LogP contribution in [0.2, 0.25) is 5.02 Å². The first kappa shape index (κ1) is 20.7. The summed E-state index contributed by atoms with van der Waals surface area (Å²) >= 11 is 6.05. The lowest BCUT2D eigenvalue weighted by Gasteiger charge is -2.18. The fourth-order valence-electron chi connectivity index (χ4n) is 1.64. The number of hydrogen-bond acceptors (Lipinski definition) is 4. The first-order valence-electron chi connectivity index (χ1n) is 7.74. The van der Waals surface area contributed by atoms with Crippen molar-refractivity contribution in [1.29, 1.82) is 0 Å². The van der Waals surface area contributed by atoms with Crippen molar-refractivity contribution >= 4 is 27.5 Å². The molecule has 2 N–H and O–H groups in total. The molecule has 1 aromatic carbocycles. The van der Waals surface area contributed by atoms with Crippen molar-refractivity contribution in [3.8, 4) is 5.75 Å². The summed E-state index contributed by atoms with van der Waals surface area (Å²) in [6.45, 7) is 8.60. The lowest BCUT2D eigenvalue weighted by Crippen LogP contribution is -2.35. The summed E-state index contributed by atoms with van der Waals surface area (Å²) in [6.07, 6.45) is 0.692. The van der Waals surface area contributed by atoms with Gasteiger partial charge in [0.1, 0.15) is 5.75 Å². The number of rotatable bonds is 8. The molecule has 8 heteroatoms. The smallest absolute Gasteiger partial charge is 0.257 e. The highest BCUT2D eigenvalue weighted by Gasteiger charge is 2.16. The first-order valence-corrected chi connectivity index (χ1v) is 9.60. The van der Waals surface area contributed by atoms with Gasteiger partial charge in [0.2, 0.25) is 10.0 Å². The van der Waals surface area contributed by atoms with E-state index >= 15 is 0 Å². The molecule has 0 unspecified atom stereocenters. The highest BCUT2D eigenvalue weighted by Crippen LogP contribution is 2.27. The van der Waals surface area contributed by atoms with Gasteiger partial charge in [-0.25, -0.2) is 13.1 Å². The second kappa shape index (κ2) is 8.69. The molecule has 0 heterocycles. The zero-order chi connectivity index (χ0) is 18.4. The van der Waals surface area contributed by atoms with E-state index in [9.17, 15) is 13.2 Å². The van der Waals surface area contributed by atoms with Gasteiger partial charge in [0.15, 0.2) is 6.61 Å². The quantitative estimate of drug-likeness (QED) is 0.730. The van der Waals surface area contributed by atoms with Gasteiger partial charge in [0.05, 0.1) is 9.92 Å². The zero-order valence-electron chi connectivity index (χ0n) is 14.5. The van der Waals surface area contributed by atoms with E-state index in [2.05, 4.69) is 10.0 Å². The van der Waals surface area contributed by atoms with Crippen molar-refractivity contribution in [3.63, 3.8) is 0 Å². The topological polar surface area (TPSA) is 84.5 Å². The van der Waals surface area contributed by atoms with Gasteiger partial charge in [0.25, 0.3) is 5.91 Å². The summed E-state index contributed by atoms with van der Waals surface area (Å²) in [5, 5.41) is 2.90. The number of benzene rings is 1. The van der Waals surface area contributed by atoms with Gasteiger partial charge >= 0.3 is 0 Å². The molecule has 0 bridgehead atoms. The predicted molar refractivity (Wildman–Crippen MR) is 94.9 cm³/mol. The van der Waals surface area contributed by atoms with Crippen LogP contribution >= 0.6 is 11.6 Å². The van der Waals surface area contributed by atoms with Crippen LogP contribution < -0.4 is 14.8 Å². The van der Waals surface area contributed by atoms with Crippen LogP contribution in [0, 0.1) is 5.41 Å². The van der Waals surface area contributed by atoms with Gasteiger partial charge in [-0.2, -0.15) is 0 Å². The molecule has 0 aliphatic rings. The number of carbonyl (C=O) groups is 1. The molecule has 6 nitrogen and oxygen atoms in total. The summed E-state index contributed by atoms with van der Waals surface area (Å²) in [4.78, 5) is 11.8. The third kappa shape index (κ3) is 7.07. The normalized spacial score (nSPS) is 12.0. The number of halogens is 1. The van der Waals surface area contributed by atoms with Gasteiger partial charge in [-0.1, -0.05) is 39.3 Å². The molecule has 1 amide bonds. The third-order valence-electron chi connectivity index (χ3n) is 2.93. The molecule has 1 aromatic rings. The first-order chi connectivity index (χ1) is 11.0. The Bertz CT molecular complexity index is 669. The molecule has 0 radical (unpaired) electrons. The van der Waals surface area contributed by atoms with E-state index in [4.69, 9.17) is 16.3 Å². The Morgan fingerprint density at radius 1 is 1.29 bits per heavy atom. The highest BCUT2D eigenvalue weighted by molar-refractivity contribution is 7.89. The van der Waals surface area contributed by atoms with E-state index in [0.29, 0.717) is 19.5 Å². The average molecular weight is 377 g/mol. The summed E-state index contributed by atoms with van der Waals surface area (Å²) in [5.41, 5.74) is -0.0190. The third-order valence-corrected chi connectivity index (χ3v) is 4.68. The van der Waals surface area contributed by atoms with Crippen LogP contribution in [0.5, 0.6) is 5.75 Å². The van der Waals surface area contributed by atoms with Crippen molar-refractivity contribution in [3.05, 3.63) is 23.2 Å². The molecule has 0 aliphatic carbocycles. The number of ether oxygens (including phenoxy) is 1. The second-order valence-electron chi connectivity index (χ2n) is 6.62. The van der Waals surface area contributed by atoms with Gasteiger partial charge < -0.3 is 10.1 Å². The van der Waals surface area contributed by atoms with Gasteiger partial charge in [0, 0.05) is 13.1 Å². The molecule has 1 rings (SSSR count). The SMILES string of the molecule is CCCNS(=O)(=O)c1ccc(OCC(=O)NCC(C)(C)C)c(Cl)c1. The molecule has 0 atom stereocenters. The maximum absolute atomic E-state index is 12.0. The van der Waals surface area contributed by atoms with Crippen LogP contribution in [0.3, 0.4) is 0 Å². The van der Waals surface area contributed by atoms with E-state index in [1.807, 2.05) is 27.7 Å². The minimum absolute atomic E-state index is 0.0190. The molecular formula is C16H25ClN2O4S. The Morgan fingerprint density at radius 3 is 2.50 bits per heavy atom. The minimum atomic E-state index is -3.59. The average Bonchev–Trinajstić information content (AvgIpc) is 2.49. The summed E-state index contributed by atoms with van der Waals surface area (Å²) in [6, 6.07) is 4.15. The lowest BCUT2D eigenvalue weighted by atomic mass is 9.97. The fourth-order valence-corrected chi connectivity index (χ4v) is 3.10. The summed E-state index contributed by atoms with van der Waals surface area (Å²) < 4.78 is 31.9. The molecule has 136 valence electrons. The Morgan fingerprint density at radius 2 is 1.96 bits per heavy atom. The molecule has 0 aromatic heterocycles. The zero-order valence-corrected chi connectivity index (χ0v) is 16.1. The van der Waals surface area contributed by atoms with E-state index in [-0.39, 0.29) is 33.6 Å². The molecule has 0 saturated heterocycles. The molecular weight excluding hydrogens is 352 g/mol. The fraction of sp³-hybridized carbons (Fsp3) is 0.562. The maximum atomic E-state index is 12.0. The lowest BCUT2D eigenvalue weighted by molar-refractivity contribution is -0.123.